The Bertz CT molecular complexity index is 230. The molecule has 0 aromatic heterocycles. The summed E-state index contributed by atoms with van der Waals surface area (Å²) in [4.78, 5) is 13.1. The summed E-state index contributed by atoms with van der Waals surface area (Å²) in [6, 6.07) is 0. The minimum absolute atomic E-state index is 0.299. The largest absolute Gasteiger partial charge is 0.444 e. The van der Waals surface area contributed by atoms with Gasteiger partial charge in [0.05, 0.1) is 6.61 Å². The molecule has 0 spiro atoms. The van der Waals surface area contributed by atoms with E-state index in [4.69, 9.17) is 9.16 Å². The summed E-state index contributed by atoms with van der Waals surface area (Å²) in [6.07, 6.45) is -0.299. The molecule has 0 aliphatic rings. The van der Waals surface area contributed by atoms with Gasteiger partial charge in [-0.1, -0.05) is 0 Å². The monoisotopic (exact) mass is 247 g/mol. The van der Waals surface area contributed by atoms with Crippen LogP contribution in [-0.2, 0) is 9.16 Å². The van der Waals surface area contributed by atoms with Gasteiger partial charge in [0.2, 0.25) is 0 Å². The lowest BCUT2D eigenvalue weighted by Crippen LogP contribution is -2.37. The second-order valence-corrected chi connectivity index (χ2v) is 10.4. The Morgan fingerprint density at radius 3 is 2.12 bits per heavy atom. The van der Waals surface area contributed by atoms with Gasteiger partial charge in [-0.2, -0.15) is 0 Å². The third-order valence-corrected chi connectivity index (χ3v) is 2.74. The number of rotatable bonds is 4. The van der Waals surface area contributed by atoms with Gasteiger partial charge >= 0.3 is 6.09 Å². The molecular weight excluding hydrogens is 222 g/mol. The molecule has 96 valence electrons. The van der Waals surface area contributed by atoms with Crippen molar-refractivity contribution in [3.8, 4) is 0 Å². The van der Waals surface area contributed by atoms with Crippen LogP contribution >= 0.6 is 0 Å². The zero-order chi connectivity index (χ0) is 13.0. The maximum atomic E-state index is 11.6. The highest BCUT2D eigenvalue weighted by Crippen LogP contribution is 2.09. The summed E-state index contributed by atoms with van der Waals surface area (Å²) < 4.78 is 10.9. The lowest BCUT2D eigenvalue weighted by Gasteiger charge is -2.25. The molecule has 0 aromatic rings. The number of nitrogens with zero attached hydrogens (tertiary/aromatic N) is 1. The predicted molar refractivity (Wildman–Crippen MR) is 68.2 cm³/mol. The maximum Gasteiger partial charge on any atom is 0.410 e. The summed E-state index contributed by atoms with van der Waals surface area (Å²) in [6.45, 7) is 13.1. The first-order valence-corrected chi connectivity index (χ1v) is 9.00. The molecule has 0 saturated heterocycles. The van der Waals surface area contributed by atoms with E-state index < -0.39 is 13.9 Å². The molecule has 0 bridgehead atoms. The fraction of sp³-hybridized carbons (Fsp3) is 0.909. The van der Waals surface area contributed by atoms with Gasteiger partial charge < -0.3 is 14.1 Å². The van der Waals surface area contributed by atoms with Gasteiger partial charge in [0.15, 0.2) is 8.32 Å². The van der Waals surface area contributed by atoms with Crippen molar-refractivity contribution in [1.29, 1.82) is 0 Å². The van der Waals surface area contributed by atoms with Crippen molar-refractivity contribution in [3.05, 3.63) is 0 Å². The lowest BCUT2D eigenvalue weighted by molar-refractivity contribution is 0.0276. The molecule has 16 heavy (non-hydrogen) atoms. The zero-order valence-corrected chi connectivity index (χ0v) is 12.6. The van der Waals surface area contributed by atoms with Crippen LogP contribution in [0.5, 0.6) is 0 Å². The van der Waals surface area contributed by atoms with Gasteiger partial charge in [-0.05, 0) is 40.4 Å². The maximum absolute atomic E-state index is 11.6. The number of ether oxygens (including phenoxy) is 1. The third-order valence-electron chi connectivity index (χ3n) is 1.67. The van der Waals surface area contributed by atoms with E-state index in [9.17, 15) is 4.79 Å². The van der Waals surface area contributed by atoms with Crippen LogP contribution in [0.2, 0.25) is 19.6 Å². The van der Waals surface area contributed by atoms with E-state index in [1.807, 2.05) is 20.8 Å². The first-order valence-electron chi connectivity index (χ1n) is 5.59. The summed E-state index contributed by atoms with van der Waals surface area (Å²) >= 11 is 0. The molecule has 0 aliphatic heterocycles. The average molecular weight is 247 g/mol. The van der Waals surface area contributed by atoms with E-state index in [1.165, 1.54) is 0 Å². The third kappa shape index (κ3) is 8.73. The van der Waals surface area contributed by atoms with E-state index >= 15 is 0 Å². The van der Waals surface area contributed by atoms with Gasteiger partial charge in [0.25, 0.3) is 0 Å². The van der Waals surface area contributed by atoms with E-state index in [2.05, 4.69) is 19.6 Å². The Balaban J connectivity index is 3.89. The average Bonchev–Trinajstić information content (AvgIpc) is 1.98. The van der Waals surface area contributed by atoms with Gasteiger partial charge in [-0.3, -0.25) is 0 Å². The number of amides is 1. The minimum Gasteiger partial charge on any atom is -0.444 e. The SMILES string of the molecule is CN(CCO[Si](C)(C)C)C(=O)OC(C)(C)C. The first kappa shape index (κ1) is 15.4. The van der Waals surface area contributed by atoms with Crippen LogP contribution < -0.4 is 0 Å². The smallest absolute Gasteiger partial charge is 0.410 e. The van der Waals surface area contributed by atoms with Crippen molar-refractivity contribution in [2.75, 3.05) is 20.2 Å². The zero-order valence-electron chi connectivity index (χ0n) is 11.6. The number of carbonyl (C=O) groups is 1. The Morgan fingerprint density at radius 1 is 1.25 bits per heavy atom. The highest BCUT2D eigenvalue weighted by molar-refractivity contribution is 6.69. The molecule has 0 aliphatic carbocycles. The standard InChI is InChI=1S/C11H25NO3Si/c1-11(2,3)15-10(13)12(4)8-9-14-16(5,6)7/h8-9H2,1-7H3. The van der Waals surface area contributed by atoms with Crippen molar-refractivity contribution in [2.45, 2.75) is 46.0 Å². The predicted octanol–water partition coefficient (Wildman–Crippen LogP) is 2.70. The topological polar surface area (TPSA) is 38.8 Å². The Hall–Kier alpha value is -0.553. The van der Waals surface area contributed by atoms with E-state index in [-0.39, 0.29) is 6.09 Å². The summed E-state index contributed by atoms with van der Waals surface area (Å²) in [5, 5.41) is 0. The fourth-order valence-electron chi connectivity index (χ4n) is 0.920. The second-order valence-electron chi connectivity index (χ2n) is 5.86. The number of likely N-dealkylation sites (N-methyl/N-ethyl adjacent to an activating group) is 1. The summed E-state index contributed by atoms with van der Waals surface area (Å²) in [5.74, 6) is 0. The lowest BCUT2D eigenvalue weighted by atomic mass is 10.2. The molecule has 0 heterocycles. The molecule has 0 saturated carbocycles. The molecule has 0 atom stereocenters. The van der Waals surface area contributed by atoms with Crippen molar-refractivity contribution >= 4 is 14.4 Å². The van der Waals surface area contributed by atoms with Crippen LogP contribution in [-0.4, -0.2) is 45.1 Å². The Labute approximate surface area is 100 Å². The van der Waals surface area contributed by atoms with Crippen LogP contribution in [0.15, 0.2) is 0 Å². The number of hydrogen-bond acceptors (Lipinski definition) is 3. The van der Waals surface area contributed by atoms with Gasteiger partial charge in [0, 0.05) is 13.6 Å². The van der Waals surface area contributed by atoms with E-state index in [0.717, 1.165) is 0 Å². The molecule has 0 radical (unpaired) electrons. The van der Waals surface area contributed by atoms with Crippen molar-refractivity contribution in [3.63, 3.8) is 0 Å². The molecular formula is C11H25NO3Si. The van der Waals surface area contributed by atoms with Gasteiger partial charge in [-0.15, -0.1) is 0 Å². The fourth-order valence-corrected chi connectivity index (χ4v) is 1.62. The molecule has 0 unspecified atom stereocenters. The van der Waals surface area contributed by atoms with Crippen LogP contribution in [0.3, 0.4) is 0 Å². The molecule has 1 amide bonds. The Morgan fingerprint density at radius 2 is 1.75 bits per heavy atom. The molecule has 5 heteroatoms. The highest BCUT2D eigenvalue weighted by Gasteiger charge is 2.20. The van der Waals surface area contributed by atoms with Crippen molar-refractivity contribution in [2.24, 2.45) is 0 Å². The van der Waals surface area contributed by atoms with Crippen LogP contribution in [0.4, 0.5) is 4.79 Å². The quantitative estimate of drug-likeness (QED) is 0.717. The normalized spacial score (nSPS) is 12.4. The molecule has 4 nitrogen and oxygen atoms in total. The first-order chi connectivity index (χ1) is 7.01. The Kier molecular flexibility index (Phi) is 5.48. The van der Waals surface area contributed by atoms with Crippen LogP contribution in [0.1, 0.15) is 20.8 Å². The highest BCUT2D eigenvalue weighted by atomic mass is 28.4. The van der Waals surface area contributed by atoms with Crippen molar-refractivity contribution < 1.29 is 14.0 Å². The van der Waals surface area contributed by atoms with Gasteiger partial charge in [0.1, 0.15) is 5.60 Å². The van der Waals surface area contributed by atoms with Gasteiger partial charge in [-0.25, -0.2) is 4.79 Å². The summed E-state index contributed by atoms with van der Waals surface area (Å²) in [5.41, 5.74) is -0.440. The molecule has 0 aromatic carbocycles. The summed E-state index contributed by atoms with van der Waals surface area (Å²) in [7, 11) is 0.239. The van der Waals surface area contributed by atoms with Crippen molar-refractivity contribution in [1.82, 2.24) is 4.90 Å². The second kappa shape index (κ2) is 5.68. The molecule has 0 rings (SSSR count). The number of carbonyl (C=O) groups excluding carboxylic acids is 1. The van der Waals surface area contributed by atoms with Crippen LogP contribution in [0.25, 0.3) is 0 Å². The van der Waals surface area contributed by atoms with E-state index in [0.29, 0.717) is 13.2 Å². The van der Waals surface area contributed by atoms with E-state index in [1.54, 1.807) is 11.9 Å². The molecule has 0 fully saturated rings. The minimum atomic E-state index is -1.48. The molecule has 0 N–H and O–H groups in total. The number of hydrogen-bond donors (Lipinski definition) is 0. The van der Waals surface area contributed by atoms with Crippen LogP contribution in [0, 0.1) is 0 Å².